The van der Waals surface area contributed by atoms with E-state index < -0.39 is 0 Å². The van der Waals surface area contributed by atoms with Crippen LogP contribution in [-0.4, -0.2) is 73.6 Å². The molecule has 2 saturated heterocycles. The number of amides is 1. The second-order valence-electron chi connectivity index (χ2n) is 8.58. The summed E-state index contributed by atoms with van der Waals surface area (Å²) in [7, 11) is 0. The van der Waals surface area contributed by atoms with E-state index in [4.69, 9.17) is 15.5 Å². The minimum atomic E-state index is -0.138. The molecule has 0 saturated carbocycles. The molecular weight excluding hydrogens is 390 g/mol. The normalized spacial score (nSPS) is 19.4. The van der Waals surface area contributed by atoms with Gasteiger partial charge in [0.25, 0.3) is 0 Å². The van der Waals surface area contributed by atoms with Gasteiger partial charge in [0.1, 0.15) is 11.9 Å². The molecule has 2 fully saturated rings. The van der Waals surface area contributed by atoms with Crippen LogP contribution in [0.25, 0.3) is 0 Å². The molecule has 1 aromatic carbocycles. The van der Waals surface area contributed by atoms with Gasteiger partial charge in [-0.25, -0.2) is 0 Å². The predicted molar refractivity (Wildman–Crippen MR) is 125 cm³/mol. The smallest absolute Gasteiger partial charge is 0.220 e. The molecule has 0 aromatic heterocycles. The van der Waals surface area contributed by atoms with Crippen LogP contribution in [0.1, 0.15) is 45.4 Å². The summed E-state index contributed by atoms with van der Waals surface area (Å²) in [4.78, 5) is 21.0. The molecule has 0 unspecified atom stereocenters. The molecule has 1 amide bonds. The highest BCUT2D eigenvalue weighted by molar-refractivity contribution is 5.80. The van der Waals surface area contributed by atoms with Crippen molar-refractivity contribution in [1.82, 2.24) is 15.1 Å². The third-order valence-corrected chi connectivity index (χ3v) is 6.26. The quantitative estimate of drug-likeness (QED) is 0.358. The molecule has 1 aromatic rings. The number of nitrogens with zero attached hydrogens (tertiary/aromatic N) is 3. The number of nitrogens with two attached hydrogens (primary N) is 1. The molecule has 3 N–H and O–H groups in total. The van der Waals surface area contributed by atoms with E-state index in [0.717, 1.165) is 96.0 Å². The number of unbranched alkanes of at least 4 members (excludes halogenated alkanes) is 1. The number of hydrogen-bond acceptors (Lipinski definition) is 4. The monoisotopic (exact) mass is 429 g/mol. The van der Waals surface area contributed by atoms with Crippen LogP contribution in [0.4, 0.5) is 0 Å². The zero-order valence-electron chi connectivity index (χ0n) is 19.0. The molecule has 2 aliphatic rings. The Labute approximate surface area is 187 Å². The zero-order chi connectivity index (χ0) is 21.9. The summed E-state index contributed by atoms with van der Waals surface area (Å²) < 4.78 is 6.12. The van der Waals surface area contributed by atoms with Gasteiger partial charge < -0.3 is 25.6 Å². The highest BCUT2D eigenvalue weighted by Gasteiger charge is 2.23. The third kappa shape index (κ3) is 7.73. The van der Waals surface area contributed by atoms with E-state index in [1.54, 1.807) is 0 Å². The SMILES string of the molecule is CCNC(=NCCCCN1CCC(C(N)=O)CC1)N1CCC(Oc2ccccc2)CC1. The molecule has 7 nitrogen and oxygen atoms in total. The van der Waals surface area contributed by atoms with Crippen molar-refractivity contribution in [3.63, 3.8) is 0 Å². The van der Waals surface area contributed by atoms with Gasteiger partial charge in [-0.3, -0.25) is 9.79 Å². The van der Waals surface area contributed by atoms with Gasteiger partial charge in [0.15, 0.2) is 5.96 Å². The van der Waals surface area contributed by atoms with E-state index in [1.165, 1.54) is 0 Å². The molecular formula is C24H39N5O2. The first-order valence-electron chi connectivity index (χ1n) is 11.9. The van der Waals surface area contributed by atoms with Crippen LogP contribution in [0, 0.1) is 5.92 Å². The molecule has 2 heterocycles. The number of hydrogen-bond donors (Lipinski definition) is 2. The number of benzene rings is 1. The Morgan fingerprint density at radius 3 is 2.45 bits per heavy atom. The number of para-hydroxylation sites is 1. The summed E-state index contributed by atoms with van der Waals surface area (Å²) in [5.41, 5.74) is 5.42. The lowest BCUT2D eigenvalue weighted by atomic mass is 9.96. The fourth-order valence-corrected chi connectivity index (χ4v) is 4.38. The van der Waals surface area contributed by atoms with Gasteiger partial charge in [-0.05, 0) is 64.4 Å². The largest absolute Gasteiger partial charge is 0.490 e. The van der Waals surface area contributed by atoms with Gasteiger partial charge in [0, 0.05) is 44.9 Å². The zero-order valence-corrected chi connectivity index (χ0v) is 19.0. The van der Waals surface area contributed by atoms with Gasteiger partial charge in [-0.2, -0.15) is 0 Å². The second-order valence-corrected chi connectivity index (χ2v) is 8.58. The lowest BCUT2D eigenvalue weighted by Crippen LogP contribution is -2.47. The topological polar surface area (TPSA) is 83.2 Å². The minimum Gasteiger partial charge on any atom is -0.490 e. The van der Waals surface area contributed by atoms with Gasteiger partial charge in [0.2, 0.25) is 5.91 Å². The van der Waals surface area contributed by atoms with Crippen molar-refractivity contribution in [3.05, 3.63) is 30.3 Å². The molecule has 2 aliphatic heterocycles. The Bertz CT molecular complexity index is 680. The van der Waals surface area contributed by atoms with E-state index in [1.807, 2.05) is 30.3 Å². The molecule has 0 bridgehead atoms. The number of rotatable bonds is 9. The number of aliphatic imine (C=N–C) groups is 1. The first-order chi connectivity index (χ1) is 15.2. The summed E-state index contributed by atoms with van der Waals surface area (Å²) in [5, 5.41) is 3.45. The van der Waals surface area contributed by atoms with Crippen LogP contribution in [0.3, 0.4) is 0 Å². The third-order valence-electron chi connectivity index (χ3n) is 6.26. The fraction of sp³-hybridized carbons (Fsp3) is 0.667. The molecule has 3 rings (SSSR count). The van der Waals surface area contributed by atoms with E-state index in [2.05, 4.69) is 22.0 Å². The van der Waals surface area contributed by atoms with Gasteiger partial charge >= 0.3 is 0 Å². The number of piperidine rings is 2. The maximum absolute atomic E-state index is 11.3. The number of guanidine groups is 1. The Morgan fingerprint density at radius 1 is 1.10 bits per heavy atom. The standard InChI is InChI=1S/C24H39N5O2/c1-2-26-24(27-14-6-7-15-28-16-10-20(11-17-28)23(25)30)29-18-12-22(13-19-29)31-21-8-4-3-5-9-21/h3-5,8-9,20,22H,2,6-7,10-19H2,1H3,(H2,25,30)(H,26,27). The van der Waals surface area contributed by atoms with Crippen molar-refractivity contribution >= 4 is 11.9 Å². The van der Waals surface area contributed by atoms with Crippen molar-refractivity contribution in [2.45, 2.75) is 51.6 Å². The van der Waals surface area contributed by atoms with Gasteiger partial charge in [0.05, 0.1) is 0 Å². The minimum absolute atomic E-state index is 0.0748. The maximum atomic E-state index is 11.3. The number of carbonyl (C=O) groups is 1. The second kappa shape index (κ2) is 12.5. The Morgan fingerprint density at radius 2 is 1.81 bits per heavy atom. The van der Waals surface area contributed by atoms with Crippen molar-refractivity contribution in [2.75, 3.05) is 45.8 Å². The van der Waals surface area contributed by atoms with Crippen molar-refractivity contribution in [3.8, 4) is 5.75 Å². The first kappa shape index (κ1) is 23.4. The average Bonchev–Trinajstić information content (AvgIpc) is 2.80. The fourth-order valence-electron chi connectivity index (χ4n) is 4.38. The summed E-state index contributed by atoms with van der Waals surface area (Å²) in [5.74, 6) is 1.93. The van der Waals surface area contributed by atoms with Crippen molar-refractivity contribution in [1.29, 1.82) is 0 Å². The van der Waals surface area contributed by atoms with Crippen LogP contribution in [0.5, 0.6) is 5.75 Å². The van der Waals surface area contributed by atoms with Crippen LogP contribution >= 0.6 is 0 Å². The number of ether oxygens (including phenoxy) is 1. The van der Waals surface area contributed by atoms with E-state index in [0.29, 0.717) is 0 Å². The summed E-state index contributed by atoms with van der Waals surface area (Å²) >= 11 is 0. The van der Waals surface area contributed by atoms with Crippen LogP contribution in [-0.2, 0) is 4.79 Å². The summed E-state index contributed by atoms with van der Waals surface area (Å²) in [6.07, 6.45) is 6.33. The Kier molecular flexibility index (Phi) is 9.46. The molecule has 172 valence electrons. The first-order valence-corrected chi connectivity index (χ1v) is 11.9. The Balaban J connectivity index is 1.35. The van der Waals surface area contributed by atoms with Gasteiger partial charge in [-0.1, -0.05) is 18.2 Å². The van der Waals surface area contributed by atoms with E-state index in [9.17, 15) is 4.79 Å². The molecule has 31 heavy (non-hydrogen) atoms. The lowest BCUT2D eigenvalue weighted by Gasteiger charge is -2.34. The van der Waals surface area contributed by atoms with Crippen LogP contribution in [0.2, 0.25) is 0 Å². The summed E-state index contributed by atoms with van der Waals surface area (Å²) in [6.45, 7) is 8.85. The van der Waals surface area contributed by atoms with Crippen LogP contribution < -0.4 is 15.8 Å². The molecule has 0 aliphatic carbocycles. The molecule has 0 radical (unpaired) electrons. The number of primary amides is 1. The van der Waals surface area contributed by atoms with E-state index in [-0.39, 0.29) is 17.9 Å². The Hall–Kier alpha value is -2.28. The molecule has 0 atom stereocenters. The highest BCUT2D eigenvalue weighted by Crippen LogP contribution is 2.19. The number of nitrogens with one attached hydrogen (secondary N) is 1. The van der Waals surface area contributed by atoms with Crippen molar-refractivity contribution < 1.29 is 9.53 Å². The van der Waals surface area contributed by atoms with E-state index >= 15 is 0 Å². The average molecular weight is 430 g/mol. The predicted octanol–water partition coefficient (Wildman–Crippen LogP) is 2.47. The maximum Gasteiger partial charge on any atom is 0.220 e. The number of likely N-dealkylation sites (tertiary alicyclic amines) is 2. The number of carbonyl (C=O) groups excluding carboxylic acids is 1. The van der Waals surface area contributed by atoms with Gasteiger partial charge in [-0.15, -0.1) is 0 Å². The van der Waals surface area contributed by atoms with Crippen molar-refractivity contribution in [2.24, 2.45) is 16.6 Å². The highest BCUT2D eigenvalue weighted by atomic mass is 16.5. The molecule has 0 spiro atoms. The van der Waals surface area contributed by atoms with Crippen LogP contribution in [0.15, 0.2) is 35.3 Å². The summed E-state index contributed by atoms with van der Waals surface area (Å²) in [6, 6.07) is 10.1. The lowest BCUT2D eigenvalue weighted by molar-refractivity contribution is -0.123. The molecule has 7 heteroatoms.